The number of nitrogens with one attached hydrogen (secondary N) is 1. The molecule has 0 saturated carbocycles. The van der Waals surface area contributed by atoms with Crippen molar-refractivity contribution in [3.63, 3.8) is 0 Å². The Hall–Kier alpha value is -2.85. The Morgan fingerprint density at radius 2 is 1.69 bits per heavy atom. The molecule has 1 fully saturated rings. The van der Waals surface area contributed by atoms with Crippen molar-refractivity contribution < 1.29 is 26.8 Å². The lowest BCUT2D eigenvalue weighted by molar-refractivity contribution is -0.132. The molecule has 1 saturated heterocycles. The second-order valence-electron chi connectivity index (χ2n) is 7.68. The Bertz CT molecular complexity index is 1130. The van der Waals surface area contributed by atoms with Crippen molar-refractivity contribution in [1.82, 2.24) is 14.5 Å². The molecular formula is C22H25F2N3O4S. The number of piperazine rings is 1. The van der Waals surface area contributed by atoms with Crippen LogP contribution in [0, 0.1) is 25.5 Å². The molecule has 2 aromatic rings. The molecule has 1 aliphatic heterocycles. The van der Waals surface area contributed by atoms with E-state index >= 15 is 0 Å². The zero-order valence-corrected chi connectivity index (χ0v) is 18.7. The summed E-state index contributed by atoms with van der Waals surface area (Å²) < 4.78 is 53.9. The van der Waals surface area contributed by atoms with E-state index in [0.717, 1.165) is 17.7 Å². The van der Waals surface area contributed by atoms with Crippen LogP contribution in [-0.4, -0.2) is 62.2 Å². The summed E-state index contributed by atoms with van der Waals surface area (Å²) in [5.74, 6) is -2.74. The van der Waals surface area contributed by atoms with Crippen LogP contribution in [0.4, 0.5) is 8.78 Å². The fourth-order valence-corrected chi connectivity index (χ4v) is 5.24. The van der Waals surface area contributed by atoms with Gasteiger partial charge in [-0.3, -0.25) is 9.59 Å². The Labute approximate surface area is 186 Å². The van der Waals surface area contributed by atoms with E-state index in [0.29, 0.717) is 11.6 Å². The average molecular weight is 466 g/mol. The molecule has 0 bridgehead atoms. The topological polar surface area (TPSA) is 86.8 Å². The molecular weight excluding hydrogens is 440 g/mol. The van der Waals surface area contributed by atoms with Gasteiger partial charge < -0.3 is 10.2 Å². The van der Waals surface area contributed by atoms with Crippen molar-refractivity contribution in [3.05, 3.63) is 64.7 Å². The van der Waals surface area contributed by atoms with Crippen molar-refractivity contribution in [2.75, 3.05) is 32.7 Å². The van der Waals surface area contributed by atoms with E-state index in [1.807, 2.05) is 13.0 Å². The summed E-state index contributed by atoms with van der Waals surface area (Å²) in [6.45, 7) is 4.39. The van der Waals surface area contributed by atoms with Gasteiger partial charge in [0.05, 0.1) is 10.5 Å². The standard InChI is InChI=1S/C22H25F2N3O4S/c1-15-3-4-16(2)20(13-15)32(30,31)27-11-9-26(10-12-27)21(28)7-8-25-22(29)18-6-5-17(23)14-19(18)24/h3-6,13-14H,7-12H2,1-2H3,(H,25,29). The predicted molar refractivity (Wildman–Crippen MR) is 115 cm³/mol. The largest absolute Gasteiger partial charge is 0.351 e. The molecule has 0 radical (unpaired) electrons. The normalized spacial score (nSPS) is 14.9. The molecule has 10 heteroatoms. The molecule has 2 amide bonds. The van der Waals surface area contributed by atoms with E-state index in [1.165, 1.54) is 4.31 Å². The van der Waals surface area contributed by atoms with Gasteiger partial charge in [-0.15, -0.1) is 0 Å². The molecule has 1 heterocycles. The smallest absolute Gasteiger partial charge is 0.254 e. The van der Waals surface area contributed by atoms with Crippen LogP contribution in [0.3, 0.4) is 0 Å². The summed E-state index contributed by atoms with van der Waals surface area (Å²) in [6, 6.07) is 7.91. The number of aryl methyl sites for hydroxylation is 2. The van der Waals surface area contributed by atoms with Gasteiger partial charge in [0, 0.05) is 45.2 Å². The summed E-state index contributed by atoms with van der Waals surface area (Å²) in [7, 11) is -3.65. The van der Waals surface area contributed by atoms with Crippen LogP contribution in [0.25, 0.3) is 0 Å². The monoisotopic (exact) mass is 465 g/mol. The first-order valence-corrected chi connectivity index (χ1v) is 11.6. The lowest BCUT2D eigenvalue weighted by atomic mass is 10.2. The minimum Gasteiger partial charge on any atom is -0.351 e. The number of carbonyl (C=O) groups is 2. The Kier molecular flexibility index (Phi) is 7.25. The number of hydrogen-bond donors (Lipinski definition) is 1. The van der Waals surface area contributed by atoms with Crippen LogP contribution < -0.4 is 5.32 Å². The third kappa shape index (κ3) is 5.31. The Morgan fingerprint density at radius 1 is 1.00 bits per heavy atom. The predicted octanol–water partition coefficient (Wildman–Crippen LogP) is 2.23. The van der Waals surface area contributed by atoms with E-state index in [9.17, 15) is 26.8 Å². The van der Waals surface area contributed by atoms with E-state index in [-0.39, 0.29) is 55.5 Å². The number of halogens is 2. The average Bonchev–Trinajstić information content (AvgIpc) is 2.75. The van der Waals surface area contributed by atoms with E-state index in [4.69, 9.17) is 0 Å². The molecule has 0 unspecified atom stereocenters. The third-order valence-corrected chi connectivity index (χ3v) is 7.39. The van der Waals surface area contributed by atoms with Crippen molar-refractivity contribution >= 4 is 21.8 Å². The molecule has 2 aromatic carbocycles. The number of nitrogens with zero attached hydrogens (tertiary/aromatic N) is 2. The van der Waals surface area contributed by atoms with E-state index < -0.39 is 27.6 Å². The van der Waals surface area contributed by atoms with Crippen LogP contribution in [0.15, 0.2) is 41.3 Å². The van der Waals surface area contributed by atoms with Gasteiger partial charge in [0.2, 0.25) is 15.9 Å². The zero-order chi connectivity index (χ0) is 23.5. The number of benzene rings is 2. The van der Waals surface area contributed by atoms with Crippen LogP contribution in [0.2, 0.25) is 0 Å². The van der Waals surface area contributed by atoms with Gasteiger partial charge in [-0.2, -0.15) is 4.31 Å². The van der Waals surface area contributed by atoms with Crippen LogP contribution >= 0.6 is 0 Å². The first-order chi connectivity index (χ1) is 15.1. The van der Waals surface area contributed by atoms with Crippen LogP contribution in [0.1, 0.15) is 27.9 Å². The molecule has 1 N–H and O–H groups in total. The summed E-state index contributed by atoms with van der Waals surface area (Å²) in [5.41, 5.74) is 1.22. The van der Waals surface area contributed by atoms with Crippen LogP contribution in [0.5, 0.6) is 0 Å². The molecule has 7 nitrogen and oxygen atoms in total. The van der Waals surface area contributed by atoms with Crippen molar-refractivity contribution in [2.45, 2.75) is 25.2 Å². The molecule has 0 aromatic heterocycles. The second-order valence-corrected chi connectivity index (χ2v) is 9.59. The summed E-state index contributed by atoms with van der Waals surface area (Å²) in [4.78, 5) is 26.3. The third-order valence-electron chi connectivity index (χ3n) is 5.35. The number of sulfonamides is 1. The molecule has 1 aliphatic rings. The van der Waals surface area contributed by atoms with Crippen molar-refractivity contribution in [2.24, 2.45) is 0 Å². The SMILES string of the molecule is Cc1ccc(C)c(S(=O)(=O)N2CCN(C(=O)CCNC(=O)c3ccc(F)cc3F)CC2)c1. The maximum atomic E-state index is 13.7. The lowest BCUT2D eigenvalue weighted by Gasteiger charge is -2.34. The van der Waals surface area contributed by atoms with Gasteiger partial charge in [-0.25, -0.2) is 17.2 Å². The highest BCUT2D eigenvalue weighted by Crippen LogP contribution is 2.22. The Morgan fingerprint density at radius 3 is 2.34 bits per heavy atom. The second kappa shape index (κ2) is 9.74. The van der Waals surface area contributed by atoms with Crippen molar-refractivity contribution in [3.8, 4) is 0 Å². The highest BCUT2D eigenvalue weighted by atomic mass is 32.2. The first kappa shape index (κ1) is 23.8. The number of rotatable bonds is 6. The summed E-state index contributed by atoms with van der Waals surface area (Å²) in [5, 5.41) is 2.44. The maximum absolute atomic E-state index is 13.7. The maximum Gasteiger partial charge on any atom is 0.254 e. The molecule has 0 aliphatic carbocycles. The number of hydrogen-bond acceptors (Lipinski definition) is 4. The first-order valence-electron chi connectivity index (χ1n) is 10.2. The lowest BCUT2D eigenvalue weighted by Crippen LogP contribution is -2.51. The van der Waals surface area contributed by atoms with E-state index in [1.54, 1.807) is 24.0 Å². The van der Waals surface area contributed by atoms with Gasteiger partial charge in [0.1, 0.15) is 11.6 Å². The highest BCUT2D eigenvalue weighted by Gasteiger charge is 2.31. The molecule has 0 atom stereocenters. The molecule has 172 valence electrons. The molecule has 32 heavy (non-hydrogen) atoms. The summed E-state index contributed by atoms with van der Waals surface area (Å²) >= 11 is 0. The van der Waals surface area contributed by atoms with E-state index in [2.05, 4.69) is 5.32 Å². The van der Waals surface area contributed by atoms with Gasteiger partial charge in [-0.05, 0) is 43.2 Å². The van der Waals surface area contributed by atoms with Crippen molar-refractivity contribution in [1.29, 1.82) is 0 Å². The van der Waals surface area contributed by atoms with Gasteiger partial charge in [0.25, 0.3) is 5.91 Å². The fraction of sp³-hybridized carbons (Fsp3) is 0.364. The van der Waals surface area contributed by atoms with Gasteiger partial charge in [-0.1, -0.05) is 12.1 Å². The molecule has 3 rings (SSSR count). The Balaban J connectivity index is 1.51. The minimum absolute atomic E-state index is 0.0156. The zero-order valence-electron chi connectivity index (χ0n) is 17.9. The van der Waals surface area contributed by atoms with Crippen LogP contribution in [-0.2, 0) is 14.8 Å². The number of carbonyl (C=O) groups excluding carboxylic acids is 2. The van der Waals surface area contributed by atoms with Gasteiger partial charge >= 0.3 is 0 Å². The van der Waals surface area contributed by atoms with Gasteiger partial charge in [0.15, 0.2) is 0 Å². The fourth-order valence-electron chi connectivity index (χ4n) is 3.51. The quantitative estimate of drug-likeness (QED) is 0.709. The minimum atomic E-state index is -3.65. The summed E-state index contributed by atoms with van der Waals surface area (Å²) in [6.07, 6.45) is -0.0156. The number of amides is 2. The molecule has 0 spiro atoms. The highest BCUT2D eigenvalue weighted by molar-refractivity contribution is 7.89.